The lowest BCUT2D eigenvalue weighted by Gasteiger charge is -2.15. The molecule has 0 unspecified atom stereocenters. The lowest BCUT2D eigenvalue weighted by molar-refractivity contribution is -0.168. The predicted octanol–water partition coefficient (Wildman–Crippen LogP) is 4.70. The summed E-state index contributed by atoms with van der Waals surface area (Å²) in [6.07, 6.45) is -0.224. The minimum atomic E-state index is -4.19. The Labute approximate surface area is 173 Å². The van der Waals surface area contributed by atoms with E-state index in [4.69, 9.17) is 0 Å². The largest absolute Gasteiger partial charge is 0.370 e. The van der Waals surface area contributed by atoms with Crippen molar-refractivity contribution in [2.75, 3.05) is 11.9 Å². The van der Waals surface area contributed by atoms with E-state index in [0.717, 1.165) is 12.1 Å². The van der Waals surface area contributed by atoms with Crippen LogP contribution in [-0.4, -0.2) is 39.6 Å². The zero-order chi connectivity index (χ0) is 21.7. The number of hydrogen-bond donors (Lipinski definition) is 1. The summed E-state index contributed by atoms with van der Waals surface area (Å²) in [6.45, 7) is 1.06. The van der Waals surface area contributed by atoms with E-state index in [2.05, 4.69) is 20.1 Å². The molecule has 0 saturated carbocycles. The standard InChI is InChI=1S/C19H18F4N4O2S/c1-2-27-8-14(7-24-27)15-10-30-18(25-15)26-16(28)13-5-3-12(4-6-13)9-29-11-19(22,23)17(20)21/h3-8,10,17H,2,9,11H2,1H3,(H,25,26,28). The molecule has 2 heterocycles. The van der Waals surface area contributed by atoms with Crippen molar-refractivity contribution in [1.29, 1.82) is 0 Å². The second-order valence-electron chi connectivity index (χ2n) is 6.33. The third kappa shape index (κ3) is 5.42. The summed E-state index contributed by atoms with van der Waals surface area (Å²) in [5, 5.41) is 9.10. The van der Waals surface area contributed by atoms with Gasteiger partial charge in [-0.15, -0.1) is 11.3 Å². The van der Waals surface area contributed by atoms with E-state index in [0.29, 0.717) is 22.0 Å². The molecule has 0 saturated heterocycles. The number of benzene rings is 1. The molecular weight excluding hydrogens is 424 g/mol. The predicted molar refractivity (Wildman–Crippen MR) is 104 cm³/mol. The van der Waals surface area contributed by atoms with Gasteiger partial charge in [0.2, 0.25) is 0 Å². The topological polar surface area (TPSA) is 69.0 Å². The lowest BCUT2D eigenvalue weighted by atomic mass is 10.1. The molecule has 0 aliphatic carbocycles. The van der Waals surface area contributed by atoms with Crippen LogP contribution in [0.4, 0.5) is 22.7 Å². The first-order valence-corrected chi connectivity index (χ1v) is 9.79. The van der Waals surface area contributed by atoms with Gasteiger partial charge in [-0.2, -0.15) is 13.9 Å². The van der Waals surface area contributed by atoms with E-state index >= 15 is 0 Å². The number of thiazole rings is 1. The molecule has 0 bridgehead atoms. The van der Waals surface area contributed by atoms with Gasteiger partial charge in [-0.05, 0) is 24.6 Å². The van der Waals surface area contributed by atoms with Crippen molar-refractivity contribution in [3.63, 3.8) is 0 Å². The molecule has 0 fully saturated rings. The number of nitrogens with zero attached hydrogens (tertiary/aromatic N) is 3. The molecule has 2 aromatic heterocycles. The molecule has 6 nitrogen and oxygen atoms in total. The smallest absolute Gasteiger partial charge is 0.330 e. The minimum Gasteiger partial charge on any atom is -0.370 e. The number of amides is 1. The van der Waals surface area contributed by atoms with Crippen molar-refractivity contribution in [1.82, 2.24) is 14.8 Å². The Bertz CT molecular complexity index is 989. The van der Waals surface area contributed by atoms with Crippen molar-refractivity contribution >= 4 is 22.4 Å². The number of aryl methyl sites for hydroxylation is 1. The molecule has 30 heavy (non-hydrogen) atoms. The Morgan fingerprint density at radius 1 is 1.30 bits per heavy atom. The number of alkyl halides is 4. The third-order valence-electron chi connectivity index (χ3n) is 4.08. The lowest BCUT2D eigenvalue weighted by Crippen LogP contribution is -2.32. The number of ether oxygens (including phenoxy) is 1. The highest BCUT2D eigenvalue weighted by molar-refractivity contribution is 7.14. The summed E-state index contributed by atoms with van der Waals surface area (Å²) in [6, 6.07) is 5.97. The van der Waals surface area contributed by atoms with Gasteiger partial charge < -0.3 is 4.74 Å². The third-order valence-corrected chi connectivity index (χ3v) is 4.83. The van der Waals surface area contributed by atoms with Crippen molar-refractivity contribution in [3.8, 4) is 11.3 Å². The second kappa shape index (κ2) is 9.35. The minimum absolute atomic E-state index is 0.272. The Hall–Kier alpha value is -2.79. The van der Waals surface area contributed by atoms with Crippen molar-refractivity contribution < 1.29 is 27.1 Å². The van der Waals surface area contributed by atoms with E-state index in [1.165, 1.54) is 35.6 Å². The number of carbonyl (C=O) groups excluding carboxylic acids is 1. The molecule has 0 spiro atoms. The molecule has 0 aliphatic rings. The summed E-state index contributed by atoms with van der Waals surface area (Å²) in [5.74, 6) is -4.58. The maximum absolute atomic E-state index is 12.8. The van der Waals surface area contributed by atoms with E-state index < -0.39 is 24.9 Å². The Kier molecular flexibility index (Phi) is 6.83. The normalized spacial score (nSPS) is 11.8. The fourth-order valence-corrected chi connectivity index (χ4v) is 3.14. The van der Waals surface area contributed by atoms with Crippen LogP contribution in [0.3, 0.4) is 0 Å². The second-order valence-corrected chi connectivity index (χ2v) is 7.19. The average molecular weight is 442 g/mol. The maximum Gasteiger partial charge on any atom is 0.330 e. The quantitative estimate of drug-likeness (QED) is 0.488. The van der Waals surface area contributed by atoms with Crippen LogP contribution in [0.15, 0.2) is 42.0 Å². The average Bonchev–Trinajstić information content (AvgIpc) is 3.37. The van der Waals surface area contributed by atoms with Gasteiger partial charge >= 0.3 is 12.3 Å². The number of halogens is 4. The summed E-state index contributed by atoms with van der Waals surface area (Å²) in [4.78, 5) is 16.7. The van der Waals surface area contributed by atoms with Crippen LogP contribution in [0.2, 0.25) is 0 Å². The number of aromatic nitrogens is 3. The van der Waals surface area contributed by atoms with Gasteiger partial charge in [0, 0.05) is 29.2 Å². The molecule has 1 aromatic carbocycles. The van der Waals surface area contributed by atoms with Gasteiger partial charge in [0.15, 0.2) is 5.13 Å². The molecule has 1 N–H and O–H groups in total. The van der Waals surface area contributed by atoms with Gasteiger partial charge in [-0.3, -0.25) is 14.8 Å². The molecule has 1 amide bonds. The van der Waals surface area contributed by atoms with Crippen LogP contribution in [-0.2, 0) is 17.9 Å². The fourth-order valence-electron chi connectivity index (χ4n) is 2.42. The van der Waals surface area contributed by atoms with Crippen LogP contribution >= 0.6 is 11.3 Å². The summed E-state index contributed by atoms with van der Waals surface area (Å²) >= 11 is 1.27. The molecule has 11 heteroatoms. The molecule has 0 atom stereocenters. The van der Waals surface area contributed by atoms with Gasteiger partial charge in [-0.1, -0.05) is 12.1 Å². The molecule has 3 aromatic rings. The highest BCUT2D eigenvalue weighted by atomic mass is 32.1. The van der Waals surface area contributed by atoms with E-state index in [-0.39, 0.29) is 6.61 Å². The van der Waals surface area contributed by atoms with Crippen LogP contribution in [0.1, 0.15) is 22.8 Å². The molecule has 0 aliphatic heterocycles. The summed E-state index contributed by atoms with van der Waals surface area (Å²) < 4.78 is 56.2. The first-order chi connectivity index (χ1) is 14.3. The van der Waals surface area contributed by atoms with Gasteiger partial charge in [0.25, 0.3) is 5.91 Å². The Balaban J connectivity index is 1.55. The van der Waals surface area contributed by atoms with Crippen LogP contribution in [0, 0.1) is 0 Å². The monoisotopic (exact) mass is 442 g/mol. The number of carbonyl (C=O) groups is 1. The number of hydrogen-bond acceptors (Lipinski definition) is 5. The van der Waals surface area contributed by atoms with Crippen molar-refractivity contribution in [2.24, 2.45) is 0 Å². The SMILES string of the molecule is CCn1cc(-c2csc(NC(=O)c3ccc(COCC(F)(F)C(F)F)cc3)n2)cn1. The number of rotatable bonds is 9. The van der Waals surface area contributed by atoms with Gasteiger partial charge in [-0.25, -0.2) is 13.8 Å². The summed E-state index contributed by atoms with van der Waals surface area (Å²) in [7, 11) is 0. The van der Waals surface area contributed by atoms with Gasteiger partial charge in [0.1, 0.15) is 6.61 Å². The highest BCUT2D eigenvalue weighted by Gasteiger charge is 2.40. The fraction of sp³-hybridized carbons (Fsp3) is 0.316. The molecule has 160 valence electrons. The highest BCUT2D eigenvalue weighted by Crippen LogP contribution is 2.25. The maximum atomic E-state index is 12.8. The zero-order valence-corrected chi connectivity index (χ0v) is 16.6. The molecule has 0 radical (unpaired) electrons. The first-order valence-electron chi connectivity index (χ1n) is 8.91. The Morgan fingerprint density at radius 3 is 2.67 bits per heavy atom. The van der Waals surface area contributed by atoms with Crippen LogP contribution in [0.5, 0.6) is 0 Å². The van der Waals surface area contributed by atoms with Crippen molar-refractivity contribution in [3.05, 3.63) is 53.2 Å². The number of nitrogens with one attached hydrogen (secondary N) is 1. The summed E-state index contributed by atoms with van der Waals surface area (Å²) in [5.41, 5.74) is 2.34. The van der Waals surface area contributed by atoms with Crippen molar-refractivity contribution in [2.45, 2.75) is 32.4 Å². The number of anilines is 1. The first kappa shape index (κ1) is 21.9. The Morgan fingerprint density at radius 2 is 2.03 bits per heavy atom. The zero-order valence-electron chi connectivity index (χ0n) is 15.8. The van der Waals surface area contributed by atoms with Crippen LogP contribution in [0.25, 0.3) is 11.3 Å². The van der Waals surface area contributed by atoms with E-state index in [1.807, 2.05) is 18.5 Å². The van der Waals surface area contributed by atoms with E-state index in [9.17, 15) is 22.4 Å². The molecule has 3 rings (SSSR count). The van der Waals surface area contributed by atoms with Gasteiger partial charge in [0.05, 0.1) is 18.5 Å². The van der Waals surface area contributed by atoms with Crippen LogP contribution < -0.4 is 5.32 Å². The van der Waals surface area contributed by atoms with E-state index in [1.54, 1.807) is 10.9 Å². The molecular formula is C19H18F4N4O2S.